The number of carbonyl (C=O) groups excluding carboxylic acids is 1. The van der Waals surface area contributed by atoms with E-state index >= 15 is 0 Å². The number of aromatic nitrogens is 2. The summed E-state index contributed by atoms with van der Waals surface area (Å²) in [6.07, 6.45) is 2.18. The zero-order chi connectivity index (χ0) is 22.1. The summed E-state index contributed by atoms with van der Waals surface area (Å²) in [5, 5.41) is 16.3. The van der Waals surface area contributed by atoms with E-state index in [0.717, 1.165) is 23.4 Å². The van der Waals surface area contributed by atoms with Crippen LogP contribution in [0.4, 0.5) is 5.69 Å². The summed E-state index contributed by atoms with van der Waals surface area (Å²) in [6, 6.07) is 19.8. The molecule has 1 amide bonds. The second kappa shape index (κ2) is 11.0. The number of hydrogen-bond acceptors (Lipinski definition) is 4. The number of para-hydroxylation sites is 2. The third kappa shape index (κ3) is 6.19. The predicted molar refractivity (Wildman–Crippen MR) is 121 cm³/mol. The van der Waals surface area contributed by atoms with Crippen molar-refractivity contribution in [3.63, 3.8) is 0 Å². The Hall–Kier alpha value is -3.59. The number of hydrogen-bond donors (Lipinski definition) is 1. The minimum absolute atomic E-state index is 0.0670. The van der Waals surface area contributed by atoms with Gasteiger partial charge in [-0.05, 0) is 43.5 Å². The second-order valence-corrected chi connectivity index (χ2v) is 7.41. The van der Waals surface area contributed by atoms with E-state index in [1.165, 1.54) is 5.56 Å². The summed E-state index contributed by atoms with van der Waals surface area (Å²) in [5.41, 5.74) is 4.89. The van der Waals surface area contributed by atoms with Crippen LogP contribution in [0.2, 0.25) is 0 Å². The monoisotopic (exact) mass is 416 g/mol. The van der Waals surface area contributed by atoms with Crippen LogP contribution in [-0.2, 0) is 24.2 Å². The molecular weight excluding hydrogens is 388 g/mol. The molecule has 1 N–H and O–H groups in total. The van der Waals surface area contributed by atoms with Gasteiger partial charge in [-0.2, -0.15) is 10.4 Å². The first kappa shape index (κ1) is 22.1. The lowest BCUT2D eigenvalue weighted by atomic mass is 10.1. The van der Waals surface area contributed by atoms with Crippen molar-refractivity contribution in [2.75, 3.05) is 11.9 Å². The summed E-state index contributed by atoms with van der Waals surface area (Å²) in [4.78, 5) is 12.6. The molecule has 160 valence electrons. The van der Waals surface area contributed by atoms with Crippen molar-refractivity contribution in [3.8, 4) is 11.8 Å². The number of benzene rings is 2. The molecule has 2 aromatic carbocycles. The minimum atomic E-state index is -0.0670. The highest BCUT2D eigenvalue weighted by molar-refractivity contribution is 5.92. The van der Waals surface area contributed by atoms with Crippen LogP contribution >= 0.6 is 0 Å². The number of ether oxygens (including phenoxy) is 1. The largest absolute Gasteiger partial charge is 0.491 e. The molecule has 6 nitrogen and oxygen atoms in total. The van der Waals surface area contributed by atoms with Crippen LogP contribution in [-0.4, -0.2) is 22.3 Å². The van der Waals surface area contributed by atoms with Crippen molar-refractivity contribution >= 4 is 11.6 Å². The van der Waals surface area contributed by atoms with Gasteiger partial charge in [0.15, 0.2) is 0 Å². The maximum atomic E-state index is 12.6. The number of aryl methyl sites for hydroxylation is 2. The molecule has 0 spiro atoms. The van der Waals surface area contributed by atoms with Crippen molar-refractivity contribution < 1.29 is 9.53 Å². The highest BCUT2D eigenvalue weighted by Gasteiger charge is 2.14. The maximum absolute atomic E-state index is 12.6. The molecule has 0 radical (unpaired) electrons. The second-order valence-electron chi connectivity index (χ2n) is 7.41. The Kier molecular flexibility index (Phi) is 7.83. The molecule has 1 heterocycles. The van der Waals surface area contributed by atoms with Gasteiger partial charge in [-0.15, -0.1) is 0 Å². The molecule has 31 heavy (non-hydrogen) atoms. The standard InChI is InChI=1S/C25H28N4O2/c1-19-22(20(2)29(28-19)17-8-16-26)13-14-25(30)27-23-11-6-7-12-24(23)31-18-15-21-9-4-3-5-10-21/h3-7,9-12H,8,13-15,17-18H2,1-2H3,(H,27,30). The van der Waals surface area contributed by atoms with Crippen molar-refractivity contribution in [1.29, 1.82) is 5.26 Å². The van der Waals surface area contributed by atoms with E-state index in [0.29, 0.717) is 43.9 Å². The molecule has 0 atom stereocenters. The van der Waals surface area contributed by atoms with Gasteiger partial charge in [-0.3, -0.25) is 9.48 Å². The lowest BCUT2D eigenvalue weighted by molar-refractivity contribution is -0.116. The van der Waals surface area contributed by atoms with E-state index in [4.69, 9.17) is 10.00 Å². The first-order valence-electron chi connectivity index (χ1n) is 10.5. The molecule has 3 aromatic rings. The summed E-state index contributed by atoms with van der Waals surface area (Å²) in [6.45, 7) is 5.04. The Bertz CT molecular complexity index is 1050. The molecule has 0 aliphatic carbocycles. The Morgan fingerprint density at radius 2 is 1.84 bits per heavy atom. The summed E-state index contributed by atoms with van der Waals surface area (Å²) in [5.74, 6) is 0.603. The highest BCUT2D eigenvalue weighted by Crippen LogP contribution is 2.24. The minimum Gasteiger partial charge on any atom is -0.491 e. The van der Waals surface area contributed by atoms with Crippen molar-refractivity contribution in [2.45, 2.75) is 46.1 Å². The van der Waals surface area contributed by atoms with Gasteiger partial charge in [0.05, 0.1) is 37.0 Å². The van der Waals surface area contributed by atoms with Gasteiger partial charge in [0, 0.05) is 18.5 Å². The van der Waals surface area contributed by atoms with Gasteiger partial charge < -0.3 is 10.1 Å². The van der Waals surface area contributed by atoms with Crippen molar-refractivity contribution in [1.82, 2.24) is 9.78 Å². The molecule has 0 saturated carbocycles. The van der Waals surface area contributed by atoms with Crippen LogP contribution in [0, 0.1) is 25.2 Å². The summed E-state index contributed by atoms with van der Waals surface area (Å²) < 4.78 is 7.78. The molecular formula is C25H28N4O2. The molecule has 0 aliphatic heterocycles. The van der Waals surface area contributed by atoms with E-state index in [1.807, 2.05) is 61.0 Å². The normalized spacial score (nSPS) is 10.5. The summed E-state index contributed by atoms with van der Waals surface area (Å²) >= 11 is 0. The number of carbonyl (C=O) groups is 1. The molecule has 0 bridgehead atoms. The fourth-order valence-electron chi connectivity index (χ4n) is 3.54. The van der Waals surface area contributed by atoms with Gasteiger partial charge >= 0.3 is 0 Å². The Balaban J connectivity index is 1.55. The quantitative estimate of drug-likeness (QED) is 0.523. The van der Waals surface area contributed by atoms with Crippen LogP contribution in [0.3, 0.4) is 0 Å². The summed E-state index contributed by atoms with van der Waals surface area (Å²) in [7, 11) is 0. The van der Waals surface area contributed by atoms with Gasteiger partial charge in [0.25, 0.3) is 0 Å². The molecule has 0 unspecified atom stereocenters. The third-order valence-electron chi connectivity index (χ3n) is 5.22. The number of rotatable bonds is 10. The van der Waals surface area contributed by atoms with E-state index < -0.39 is 0 Å². The van der Waals surface area contributed by atoms with Crippen molar-refractivity contribution in [3.05, 3.63) is 77.1 Å². The number of amides is 1. The molecule has 0 aliphatic rings. The van der Waals surface area contributed by atoms with Gasteiger partial charge in [-0.25, -0.2) is 0 Å². The van der Waals surface area contributed by atoms with Crippen LogP contribution in [0.25, 0.3) is 0 Å². The van der Waals surface area contributed by atoms with E-state index in [1.54, 1.807) is 0 Å². The van der Waals surface area contributed by atoms with Gasteiger partial charge in [-0.1, -0.05) is 42.5 Å². The van der Waals surface area contributed by atoms with E-state index in [9.17, 15) is 4.79 Å². The number of nitriles is 1. The first-order chi connectivity index (χ1) is 15.1. The number of nitrogens with zero attached hydrogens (tertiary/aromatic N) is 3. The number of nitrogens with one attached hydrogen (secondary N) is 1. The van der Waals surface area contributed by atoms with Crippen molar-refractivity contribution in [2.24, 2.45) is 0 Å². The lowest BCUT2D eigenvalue weighted by Gasteiger charge is -2.13. The average molecular weight is 417 g/mol. The average Bonchev–Trinajstić information content (AvgIpc) is 3.05. The lowest BCUT2D eigenvalue weighted by Crippen LogP contribution is -2.14. The molecule has 0 fully saturated rings. The van der Waals surface area contributed by atoms with Crippen LogP contribution in [0.15, 0.2) is 54.6 Å². The SMILES string of the molecule is Cc1nn(CCC#N)c(C)c1CCC(=O)Nc1ccccc1OCCc1ccccc1. The molecule has 3 rings (SSSR count). The van der Waals surface area contributed by atoms with Gasteiger partial charge in [0.2, 0.25) is 5.91 Å². The van der Waals surface area contributed by atoms with Crippen LogP contribution in [0.5, 0.6) is 5.75 Å². The maximum Gasteiger partial charge on any atom is 0.224 e. The Morgan fingerprint density at radius 3 is 2.61 bits per heavy atom. The fourth-order valence-corrected chi connectivity index (χ4v) is 3.54. The topological polar surface area (TPSA) is 79.9 Å². The molecule has 0 saturated heterocycles. The zero-order valence-electron chi connectivity index (χ0n) is 18.1. The molecule has 1 aromatic heterocycles. The fraction of sp³-hybridized carbons (Fsp3) is 0.320. The number of anilines is 1. The molecule has 6 heteroatoms. The van der Waals surface area contributed by atoms with Crippen LogP contribution in [0.1, 0.15) is 35.4 Å². The van der Waals surface area contributed by atoms with E-state index in [-0.39, 0.29) is 5.91 Å². The Morgan fingerprint density at radius 1 is 1.10 bits per heavy atom. The Labute approximate surface area is 183 Å². The zero-order valence-corrected chi connectivity index (χ0v) is 18.1. The first-order valence-corrected chi connectivity index (χ1v) is 10.5. The smallest absolute Gasteiger partial charge is 0.224 e. The highest BCUT2D eigenvalue weighted by atomic mass is 16.5. The van der Waals surface area contributed by atoms with E-state index in [2.05, 4.69) is 28.6 Å². The third-order valence-corrected chi connectivity index (χ3v) is 5.22. The predicted octanol–water partition coefficient (Wildman–Crippen LogP) is 4.61. The van der Waals surface area contributed by atoms with Crippen LogP contribution < -0.4 is 10.1 Å². The van der Waals surface area contributed by atoms with Gasteiger partial charge in [0.1, 0.15) is 5.75 Å².